The van der Waals surface area contributed by atoms with Gasteiger partial charge in [-0.15, -0.1) is 0 Å². The third-order valence-corrected chi connectivity index (χ3v) is 9.76. The first-order valence-electron chi connectivity index (χ1n) is 20.9. The normalized spacial score (nSPS) is 14.3. The number of aliphatic hydroxyl groups excluding tert-OH is 2. The Kier molecular flexibility index (Phi) is 37.2. The van der Waals surface area contributed by atoms with E-state index in [4.69, 9.17) is 18.5 Å². The van der Waals surface area contributed by atoms with E-state index >= 15 is 0 Å². The Morgan fingerprint density at radius 2 is 0.868 bits per heavy atom. The van der Waals surface area contributed by atoms with E-state index in [0.29, 0.717) is 12.8 Å². The molecule has 0 radical (unpaired) electrons. The lowest BCUT2D eigenvalue weighted by molar-refractivity contribution is -0.153. The van der Waals surface area contributed by atoms with Crippen molar-refractivity contribution in [2.75, 3.05) is 26.4 Å². The van der Waals surface area contributed by atoms with Crippen molar-refractivity contribution in [3.63, 3.8) is 0 Å². The molecule has 0 rings (SSSR count). The summed E-state index contributed by atoms with van der Waals surface area (Å²) in [5, 5.41) is 19.1. The standard InChI is InChI=1S/C42H77O10P/c1-3-5-7-9-11-13-15-17-18-19-20-22-24-26-28-30-32-34-42(46)52-40(36-44)38-50-53(47,48)49-37-39(35-43)51-41(45)33-31-29-27-25-23-21-16-14-12-10-8-6-4-2/h8,10,14,16-18,39-40,43-44H,3-7,9,11-13,15,19-38H2,1-2H3,(H,47,48)/b10-8-,16-14-,18-17-. The lowest BCUT2D eigenvalue weighted by Crippen LogP contribution is -2.28. The number of hydrogen-bond acceptors (Lipinski definition) is 9. The van der Waals surface area contributed by atoms with Crippen molar-refractivity contribution in [1.29, 1.82) is 0 Å². The lowest BCUT2D eigenvalue weighted by Gasteiger charge is -2.20. The van der Waals surface area contributed by atoms with Gasteiger partial charge in [-0.05, 0) is 64.2 Å². The highest BCUT2D eigenvalue weighted by atomic mass is 31.2. The molecule has 10 nitrogen and oxygen atoms in total. The highest BCUT2D eigenvalue weighted by Crippen LogP contribution is 2.43. The number of unbranched alkanes of at least 4 members (excludes halogenated alkanes) is 19. The Balaban J connectivity index is 3.95. The first-order valence-corrected chi connectivity index (χ1v) is 22.4. The second-order valence-electron chi connectivity index (χ2n) is 14.0. The first-order chi connectivity index (χ1) is 25.8. The predicted molar refractivity (Wildman–Crippen MR) is 214 cm³/mol. The largest absolute Gasteiger partial charge is 0.472 e. The van der Waals surface area contributed by atoms with E-state index in [-0.39, 0.29) is 12.8 Å². The van der Waals surface area contributed by atoms with Crippen LogP contribution >= 0.6 is 7.82 Å². The van der Waals surface area contributed by atoms with Crippen molar-refractivity contribution >= 4 is 19.8 Å². The van der Waals surface area contributed by atoms with E-state index in [1.54, 1.807) is 0 Å². The second-order valence-corrected chi connectivity index (χ2v) is 15.4. The number of phosphoric ester groups is 1. The van der Waals surface area contributed by atoms with Gasteiger partial charge in [0.05, 0.1) is 26.4 Å². The average molecular weight is 773 g/mol. The van der Waals surface area contributed by atoms with Crippen molar-refractivity contribution in [1.82, 2.24) is 0 Å². The van der Waals surface area contributed by atoms with Crippen molar-refractivity contribution in [3.05, 3.63) is 36.5 Å². The molecule has 0 bridgehead atoms. The lowest BCUT2D eigenvalue weighted by atomic mass is 10.1. The number of carbonyl (C=O) groups excluding carboxylic acids is 2. The van der Waals surface area contributed by atoms with E-state index in [9.17, 15) is 29.3 Å². The topological polar surface area (TPSA) is 149 Å². The molecule has 0 aliphatic carbocycles. The van der Waals surface area contributed by atoms with Crippen molar-refractivity contribution < 1.29 is 47.8 Å². The minimum Gasteiger partial charge on any atom is -0.457 e. The molecule has 0 aromatic heterocycles. The quantitative estimate of drug-likeness (QED) is 0.0238. The SMILES string of the molecule is CCC/C=C\C/C=C\CCCCCCCC(=O)OC(CO)COP(=O)(O)OCC(CO)OC(=O)CCCCCCCCC/C=C\CCCCCCCC. The van der Waals surface area contributed by atoms with E-state index in [2.05, 4.69) is 50.3 Å². The second kappa shape index (κ2) is 38.5. The highest BCUT2D eigenvalue weighted by molar-refractivity contribution is 7.47. The molecule has 0 amide bonds. The monoisotopic (exact) mass is 773 g/mol. The maximum absolute atomic E-state index is 12.3. The molecule has 0 aromatic rings. The van der Waals surface area contributed by atoms with Crippen LogP contribution in [0, 0.1) is 0 Å². The summed E-state index contributed by atoms with van der Waals surface area (Å²) in [6.07, 6.45) is 38.3. The van der Waals surface area contributed by atoms with Gasteiger partial charge in [-0.25, -0.2) is 4.57 Å². The smallest absolute Gasteiger partial charge is 0.457 e. The third-order valence-electron chi connectivity index (χ3n) is 8.81. The molecule has 3 unspecified atom stereocenters. The van der Waals surface area contributed by atoms with Crippen LogP contribution in [0.1, 0.15) is 181 Å². The van der Waals surface area contributed by atoms with Gasteiger partial charge in [0.25, 0.3) is 0 Å². The number of allylic oxidation sites excluding steroid dienone is 6. The minimum atomic E-state index is -4.64. The summed E-state index contributed by atoms with van der Waals surface area (Å²) in [6, 6.07) is 0. The van der Waals surface area contributed by atoms with E-state index in [0.717, 1.165) is 70.6 Å². The molecule has 0 saturated carbocycles. The summed E-state index contributed by atoms with van der Waals surface area (Å²) in [5.74, 6) is -1.04. The fourth-order valence-corrected chi connectivity index (χ4v) is 6.34. The molecule has 0 heterocycles. The van der Waals surface area contributed by atoms with Crippen LogP contribution in [0.3, 0.4) is 0 Å². The summed E-state index contributed by atoms with van der Waals surface area (Å²) in [6.45, 7) is 2.11. The number of rotatable bonds is 39. The molecule has 11 heteroatoms. The molecule has 0 saturated heterocycles. The van der Waals surface area contributed by atoms with Crippen molar-refractivity contribution in [2.45, 2.75) is 193 Å². The van der Waals surface area contributed by atoms with Gasteiger partial charge in [0, 0.05) is 12.8 Å². The maximum Gasteiger partial charge on any atom is 0.472 e. The number of phosphoric acid groups is 1. The van der Waals surface area contributed by atoms with Crippen LogP contribution < -0.4 is 0 Å². The summed E-state index contributed by atoms with van der Waals surface area (Å²) >= 11 is 0. The van der Waals surface area contributed by atoms with E-state index in [1.165, 1.54) is 70.6 Å². The molecule has 0 aromatic carbocycles. The molecule has 0 aliphatic rings. The number of esters is 2. The van der Waals surface area contributed by atoms with E-state index in [1.807, 2.05) is 0 Å². The summed E-state index contributed by atoms with van der Waals surface area (Å²) in [7, 11) is -4.64. The van der Waals surface area contributed by atoms with Crippen LogP contribution in [0.5, 0.6) is 0 Å². The summed E-state index contributed by atoms with van der Waals surface area (Å²) in [5.41, 5.74) is 0. The van der Waals surface area contributed by atoms with E-state index < -0.39 is 58.4 Å². The van der Waals surface area contributed by atoms with Gasteiger partial charge >= 0.3 is 19.8 Å². The molecule has 0 spiro atoms. The van der Waals surface area contributed by atoms with Crippen LogP contribution in [0.4, 0.5) is 0 Å². The third kappa shape index (κ3) is 36.9. The van der Waals surface area contributed by atoms with Crippen LogP contribution in [-0.4, -0.2) is 65.7 Å². The fraction of sp³-hybridized carbons (Fsp3) is 0.810. The minimum absolute atomic E-state index is 0.175. The van der Waals surface area contributed by atoms with Gasteiger partial charge in [0.2, 0.25) is 0 Å². The fourth-order valence-electron chi connectivity index (χ4n) is 5.56. The average Bonchev–Trinajstić information content (AvgIpc) is 3.14. The van der Waals surface area contributed by atoms with Gasteiger partial charge < -0.3 is 24.6 Å². The zero-order valence-corrected chi connectivity index (χ0v) is 34.4. The Bertz CT molecular complexity index is 983. The van der Waals surface area contributed by atoms with Gasteiger partial charge in [-0.3, -0.25) is 18.6 Å². The van der Waals surface area contributed by atoms with Crippen LogP contribution in [0.25, 0.3) is 0 Å². The first kappa shape index (κ1) is 51.2. The van der Waals surface area contributed by atoms with Crippen molar-refractivity contribution in [2.24, 2.45) is 0 Å². The number of carbonyl (C=O) groups is 2. The predicted octanol–water partition coefficient (Wildman–Crippen LogP) is 10.8. The molecule has 310 valence electrons. The number of hydrogen-bond donors (Lipinski definition) is 3. The zero-order valence-electron chi connectivity index (χ0n) is 33.5. The zero-order chi connectivity index (χ0) is 39.1. The highest BCUT2D eigenvalue weighted by Gasteiger charge is 2.27. The molecule has 3 N–H and O–H groups in total. The maximum atomic E-state index is 12.3. The summed E-state index contributed by atoms with van der Waals surface area (Å²) < 4.78 is 32.5. The van der Waals surface area contributed by atoms with Crippen LogP contribution in [-0.2, 0) is 32.7 Å². The molecule has 53 heavy (non-hydrogen) atoms. The number of aliphatic hydroxyl groups is 2. The molecular formula is C42H77O10P. The Morgan fingerprint density at radius 3 is 1.26 bits per heavy atom. The number of ether oxygens (including phenoxy) is 2. The molecule has 0 fully saturated rings. The molecule has 0 aliphatic heterocycles. The van der Waals surface area contributed by atoms with Crippen LogP contribution in [0.2, 0.25) is 0 Å². The van der Waals surface area contributed by atoms with Crippen molar-refractivity contribution in [3.8, 4) is 0 Å². The Hall–Kier alpha value is -1.81. The van der Waals surface area contributed by atoms with Gasteiger partial charge in [-0.2, -0.15) is 0 Å². The van der Waals surface area contributed by atoms with Crippen LogP contribution in [0.15, 0.2) is 36.5 Å². The Morgan fingerprint density at radius 1 is 0.509 bits per heavy atom. The van der Waals surface area contributed by atoms with Gasteiger partial charge in [0.1, 0.15) is 12.2 Å². The Labute approximate surface area is 322 Å². The summed E-state index contributed by atoms with van der Waals surface area (Å²) in [4.78, 5) is 34.4. The molecule has 3 atom stereocenters. The molecular weight excluding hydrogens is 695 g/mol. The van der Waals surface area contributed by atoms with Gasteiger partial charge in [0.15, 0.2) is 0 Å². The van der Waals surface area contributed by atoms with Gasteiger partial charge in [-0.1, -0.05) is 140 Å².